The number of hydrogen-bond donors (Lipinski definition) is 8. The number of carbonyl (C=O) groups is 8. The van der Waals surface area contributed by atoms with Gasteiger partial charge in [0, 0.05) is 74.0 Å². The van der Waals surface area contributed by atoms with Gasteiger partial charge >= 0.3 is 6.09 Å². The third-order valence-electron chi connectivity index (χ3n) is 15.0. The first kappa shape index (κ1) is 80.8. The Labute approximate surface area is 582 Å². The predicted molar refractivity (Wildman–Crippen MR) is 377 cm³/mol. The summed E-state index contributed by atoms with van der Waals surface area (Å²) in [5.41, 5.74) is 3.71. The zero-order valence-electron chi connectivity index (χ0n) is 57.9. The molecule has 5 aromatic carbocycles. The average molecular weight is 1370 g/mol. The Bertz CT molecular complexity index is 3240. The number of aliphatic hydroxyl groups excluding tert-OH is 1. The first-order valence-corrected chi connectivity index (χ1v) is 33.9. The number of alkyl carbamates (subject to hydrolysis) is 1. The fourth-order valence-corrected chi connectivity index (χ4v) is 10.1. The number of nitrogens with one attached hydrogen (secondary N) is 7. The van der Waals surface area contributed by atoms with Crippen LogP contribution in [0.15, 0.2) is 140 Å². The SMILES string of the molecule is C#CCCCC(=O)Nc1ccc(C(=O)c2ccc(NC(=O)COCCOCCOCC(=O)NCCCOCCOCCOCCCNC(=O)[C@H](Cc3ccccc3)NC(=O)[C@H](CC(C)C)NC(=O)[C@H](Cc3ccccc3)C[C@@H](O)[C@H](Cc3ccccc3)NC(=O)OC(C)(C)C)cc2)cc1. The molecular formula is C76H101N7O16. The van der Waals surface area contributed by atoms with Crippen LogP contribution in [0.5, 0.6) is 0 Å². The van der Waals surface area contributed by atoms with E-state index in [1.807, 2.05) is 105 Å². The van der Waals surface area contributed by atoms with Crippen LogP contribution < -0.4 is 37.2 Å². The zero-order valence-corrected chi connectivity index (χ0v) is 57.9. The highest BCUT2D eigenvalue weighted by molar-refractivity contribution is 6.09. The Morgan fingerprint density at radius 1 is 0.475 bits per heavy atom. The van der Waals surface area contributed by atoms with E-state index in [0.29, 0.717) is 101 Å². The lowest BCUT2D eigenvalue weighted by atomic mass is 9.88. The number of ketones is 1. The number of amides is 7. The Hall–Kier alpha value is -8.86. The summed E-state index contributed by atoms with van der Waals surface area (Å²) in [4.78, 5) is 105. The van der Waals surface area contributed by atoms with Gasteiger partial charge in [0.25, 0.3) is 0 Å². The minimum absolute atomic E-state index is 0.0285. The summed E-state index contributed by atoms with van der Waals surface area (Å²) < 4.78 is 38.8. The van der Waals surface area contributed by atoms with E-state index in [1.54, 1.807) is 69.3 Å². The van der Waals surface area contributed by atoms with E-state index in [9.17, 15) is 43.5 Å². The summed E-state index contributed by atoms with van der Waals surface area (Å²) in [7, 11) is 0. The minimum Gasteiger partial charge on any atom is -0.444 e. The van der Waals surface area contributed by atoms with Gasteiger partial charge in [-0.1, -0.05) is 105 Å². The molecule has 0 saturated heterocycles. The van der Waals surface area contributed by atoms with Gasteiger partial charge in [-0.25, -0.2) is 4.79 Å². The van der Waals surface area contributed by atoms with Crippen molar-refractivity contribution < 1.29 is 76.6 Å². The Kier molecular flexibility index (Phi) is 37.9. The lowest BCUT2D eigenvalue weighted by molar-refractivity contribution is -0.134. The van der Waals surface area contributed by atoms with Crippen LogP contribution in [0.2, 0.25) is 0 Å². The molecule has 0 radical (unpaired) electrons. The van der Waals surface area contributed by atoms with E-state index in [4.69, 9.17) is 39.6 Å². The highest BCUT2D eigenvalue weighted by atomic mass is 16.6. The number of benzene rings is 5. The smallest absolute Gasteiger partial charge is 0.407 e. The summed E-state index contributed by atoms with van der Waals surface area (Å²) in [6.45, 7) is 12.4. The van der Waals surface area contributed by atoms with Gasteiger partial charge in [-0.2, -0.15) is 0 Å². The van der Waals surface area contributed by atoms with E-state index < -0.39 is 59.6 Å². The number of ether oxygens (including phenoxy) is 7. The van der Waals surface area contributed by atoms with Gasteiger partial charge in [-0.3, -0.25) is 33.6 Å². The van der Waals surface area contributed by atoms with Gasteiger partial charge < -0.3 is 75.5 Å². The van der Waals surface area contributed by atoms with E-state index in [-0.39, 0.29) is 108 Å². The standard InChI is InChI=1S/C76H101N7O16/c1-7-8-12-27-68(85)79-62-32-28-59(29-33-62)71(88)60-30-34-63(35-31-60)80-70(87)54-98-47-45-96-44-46-97-53-69(86)77-36-19-38-93-40-42-95-43-41-94-39-20-37-78-73(90)66(51-58-25-17-11-18-26-58)82-74(91)65(48-55(2)3)81-72(89)61(49-56-21-13-9-14-22-56)52-67(84)64(50-57-23-15-10-16-24-57)83-75(92)99-76(4,5)6/h1,9-11,13-18,21-26,28-35,55,61,64-67,84H,8,12,19-20,27,36-54H2,2-6H3,(H,77,86)(H,78,90)(H,79,85)(H,80,87)(H,81,89)(H,82,91)(H,83,92)/t61-,64+,65+,66+,67-/m1/s1. The van der Waals surface area contributed by atoms with Gasteiger partial charge in [0.1, 0.15) is 30.9 Å². The van der Waals surface area contributed by atoms with Crippen LogP contribution >= 0.6 is 0 Å². The first-order chi connectivity index (χ1) is 47.7. The molecule has 7 amide bonds. The maximum atomic E-state index is 14.5. The van der Waals surface area contributed by atoms with Crippen LogP contribution in [-0.4, -0.2) is 175 Å². The molecule has 0 aliphatic rings. The van der Waals surface area contributed by atoms with Crippen molar-refractivity contribution in [2.24, 2.45) is 11.8 Å². The summed E-state index contributed by atoms with van der Waals surface area (Å²) >= 11 is 0. The molecule has 0 saturated carbocycles. The third kappa shape index (κ3) is 35.0. The van der Waals surface area contributed by atoms with Crippen molar-refractivity contribution in [3.8, 4) is 12.3 Å². The molecule has 5 aromatic rings. The van der Waals surface area contributed by atoms with Crippen molar-refractivity contribution in [3.05, 3.63) is 167 Å². The molecule has 0 bridgehead atoms. The molecule has 0 fully saturated rings. The molecule has 5 atom stereocenters. The van der Waals surface area contributed by atoms with Crippen molar-refractivity contribution in [2.45, 2.75) is 129 Å². The Morgan fingerprint density at radius 2 is 0.929 bits per heavy atom. The Balaban J connectivity index is 0.900. The van der Waals surface area contributed by atoms with Crippen LogP contribution in [0.3, 0.4) is 0 Å². The van der Waals surface area contributed by atoms with Crippen molar-refractivity contribution in [1.82, 2.24) is 26.6 Å². The van der Waals surface area contributed by atoms with Crippen molar-refractivity contribution >= 4 is 58.7 Å². The second-order valence-electron chi connectivity index (χ2n) is 25.1. The summed E-state index contributed by atoms with van der Waals surface area (Å²) in [6, 6.07) is 38.4. The highest BCUT2D eigenvalue weighted by Gasteiger charge is 2.34. The molecule has 536 valence electrons. The van der Waals surface area contributed by atoms with Crippen molar-refractivity contribution in [2.75, 3.05) is 103 Å². The van der Waals surface area contributed by atoms with Crippen molar-refractivity contribution in [3.63, 3.8) is 0 Å². The molecule has 0 spiro atoms. The second-order valence-corrected chi connectivity index (χ2v) is 25.1. The molecule has 23 nitrogen and oxygen atoms in total. The zero-order chi connectivity index (χ0) is 71.5. The molecule has 5 rings (SSSR count). The fourth-order valence-electron chi connectivity index (χ4n) is 10.1. The molecule has 0 aliphatic heterocycles. The maximum Gasteiger partial charge on any atom is 0.407 e. The normalized spacial score (nSPS) is 12.7. The number of aliphatic hydroxyl groups is 1. The van der Waals surface area contributed by atoms with Gasteiger partial charge in [0.15, 0.2) is 5.78 Å². The number of terminal acetylenes is 1. The number of hydrogen-bond acceptors (Lipinski definition) is 16. The van der Waals surface area contributed by atoms with Gasteiger partial charge in [-0.05, 0) is 137 Å². The number of carbonyl (C=O) groups excluding carboxylic acids is 8. The van der Waals surface area contributed by atoms with Crippen LogP contribution in [0, 0.1) is 24.2 Å². The number of rotatable bonds is 48. The molecule has 99 heavy (non-hydrogen) atoms. The summed E-state index contributed by atoms with van der Waals surface area (Å²) in [5.74, 6) is -0.732. The highest BCUT2D eigenvalue weighted by Crippen LogP contribution is 2.22. The largest absolute Gasteiger partial charge is 0.444 e. The lowest BCUT2D eigenvalue weighted by Crippen LogP contribution is -2.56. The fraction of sp³-hybridized carbons (Fsp3) is 0.474. The molecule has 0 unspecified atom stereocenters. The maximum absolute atomic E-state index is 14.5. The van der Waals surface area contributed by atoms with Crippen LogP contribution in [-0.2, 0) is 81.2 Å². The topological polar surface area (TPSA) is 306 Å². The van der Waals surface area contributed by atoms with Gasteiger partial charge in [0.05, 0.1) is 65.0 Å². The van der Waals surface area contributed by atoms with Crippen LogP contribution in [0.25, 0.3) is 0 Å². The average Bonchev–Trinajstić information content (AvgIpc) is 1.15. The van der Waals surface area contributed by atoms with Crippen LogP contribution in [0.4, 0.5) is 16.2 Å². The number of unbranched alkanes of at least 4 members (excludes halogenated alkanes) is 1. The molecule has 23 heteroatoms. The second kappa shape index (κ2) is 46.4. The van der Waals surface area contributed by atoms with Gasteiger partial charge in [-0.15, -0.1) is 12.3 Å². The minimum atomic E-state index is -1.19. The third-order valence-corrected chi connectivity index (χ3v) is 15.0. The van der Waals surface area contributed by atoms with Crippen molar-refractivity contribution in [1.29, 1.82) is 0 Å². The van der Waals surface area contributed by atoms with E-state index in [2.05, 4.69) is 43.1 Å². The van der Waals surface area contributed by atoms with E-state index >= 15 is 0 Å². The van der Waals surface area contributed by atoms with Gasteiger partial charge in [0.2, 0.25) is 35.4 Å². The summed E-state index contributed by atoms with van der Waals surface area (Å²) in [5, 5.41) is 31.9. The molecular weight excluding hydrogens is 1270 g/mol. The Morgan fingerprint density at radius 3 is 1.43 bits per heavy atom. The lowest BCUT2D eigenvalue weighted by Gasteiger charge is -2.30. The first-order valence-electron chi connectivity index (χ1n) is 33.9. The quantitative estimate of drug-likeness (QED) is 0.0105. The number of anilines is 2. The predicted octanol–water partition coefficient (Wildman–Crippen LogP) is 7.71. The molecule has 0 aliphatic carbocycles. The monoisotopic (exact) mass is 1370 g/mol. The molecule has 0 heterocycles. The van der Waals surface area contributed by atoms with Crippen LogP contribution in [0.1, 0.15) is 112 Å². The molecule has 0 aromatic heterocycles. The van der Waals surface area contributed by atoms with E-state index in [1.165, 1.54) is 0 Å². The molecule has 8 N–H and O–H groups in total. The summed E-state index contributed by atoms with van der Waals surface area (Å²) in [6.07, 6.45) is 6.79. The van der Waals surface area contributed by atoms with E-state index in [0.717, 1.165) is 16.7 Å².